The summed E-state index contributed by atoms with van der Waals surface area (Å²) in [5.41, 5.74) is 0.394. The van der Waals surface area contributed by atoms with Crippen LogP contribution in [-0.2, 0) is 0 Å². The minimum atomic E-state index is -0.342. The third kappa shape index (κ3) is 1.14. The maximum atomic E-state index is 13.4. The molecular weight excluding hydrogens is 201 g/mol. The Labute approximate surface area is 84.2 Å². The Balaban J connectivity index is 2.91. The summed E-state index contributed by atoms with van der Waals surface area (Å²) in [6, 6.07) is 4.99. The lowest BCUT2D eigenvalue weighted by molar-refractivity contribution is 0.411. The average Bonchev–Trinajstić information content (AvgIpc) is 2.66. The first-order valence-electron chi connectivity index (χ1n) is 3.91. The van der Waals surface area contributed by atoms with Crippen molar-refractivity contribution in [1.82, 2.24) is 0 Å². The van der Waals surface area contributed by atoms with E-state index in [1.807, 2.05) is 6.07 Å². The predicted octanol–water partition coefficient (Wildman–Crippen LogP) is 2.92. The molecule has 0 bridgehead atoms. The van der Waals surface area contributed by atoms with Gasteiger partial charge in [-0.05, 0) is 11.4 Å². The largest absolute Gasteiger partial charge is 0.495 e. The van der Waals surface area contributed by atoms with Gasteiger partial charge in [-0.1, -0.05) is 0 Å². The van der Waals surface area contributed by atoms with Gasteiger partial charge in [0.15, 0.2) is 0 Å². The summed E-state index contributed by atoms with van der Waals surface area (Å²) in [6.45, 7) is 0. The molecule has 0 N–H and O–H groups in total. The molecule has 70 valence electrons. The van der Waals surface area contributed by atoms with E-state index in [0.717, 1.165) is 0 Å². The van der Waals surface area contributed by atoms with Crippen molar-refractivity contribution in [2.24, 2.45) is 0 Å². The molecule has 0 saturated heterocycles. The zero-order chi connectivity index (χ0) is 10.1. The average molecular weight is 207 g/mol. The van der Waals surface area contributed by atoms with Crippen LogP contribution in [0.1, 0.15) is 5.56 Å². The summed E-state index contributed by atoms with van der Waals surface area (Å²) in [7, 11) is 1.42. The number of benzene rings is 1. The number of hydrogen-bond acceptors (Lipinski definition) is 3. The number of methoxy groups -OCH3 is 1. The monoisotopic (exact) mass is 207 g/mol. The van der Waals surface area contributed by atoms with Crippen molar-refractivity contribution in [3.63, 3.8) is 0 Å². The number of hydrogen-bond donors (Lipinski definition) is 0. The van der Waals surface area contributed by atoms with Crippen LogP contribution in [0.25, 0.3) is 10.1 Å². The Morgan fingerprint density at radius 1 is 1.57 bits per heavy atom. The van der Waals surface area contributed by atoms with E-state index in [1.54, 1.807) is 11.4 Å². The van der Waals surface area contributed by atoms with Gasteiger partial charge in [0.25, 0.3) is 0 Å². The van der Waals surface area contributed by atoms with E-state index < -0.39 is 0 Å². The van der Waals surface area contributed by atoms with Crippen LogP contribution in [0.2, 0.25) is 0 Å². The molecule has 0 unspecified atom stereocenters. The Kier molecular flexibility index (Phi) is 2.10. The number of fused-ring (bicyclic) bond motifs is 1. The van der Waals surface area contributed by atoms with Gasteiger partial charge in [-0.3, -0.25) is 0 Å². The van der Waals surface area contributed by atoms with Gasteiger partial charge < -0.3 is 4.74 Å². The summed E-state index contributed by atoms with van der Waals surface area (Å²) in [5.74, 6) is -0.0539. The number of rotatable bonds is 1. The highest BCUT2D eigenvalue weighted by Gasteiger charge is 2.13. The molecule has 4 heteroatoms. The maximum absolute atomic E-state index is 13.4. The van der Waals surface area contributed by atoms with Gasteiger partial charge in [0.1, 0.15) is 23.2 Å². The lowest BCUT2D eigenvalue weighted by atomic mass is 10.1. The van der Waals surface area contributed by atoms with E-state index in [-0.39, 0.29) is 11.6 Å². The molecule has 0 aliphatic rings. The summed E-state index contributed by atoms with van der Waals surface area (Å²) in [4.78, 5) is 0. The SMILES string of the molecule is COc1cc(F)c2sccc2c1C#N. The molecule has 0 radical (unpaired) electrons. The summed E-state index contributed by atoms with van der Waals surface area (Å²) in [6.07, 6.45) is 0. The Morgan fingerprint density at radius 3 is 3.00 bits per heavy atom. The first-order chi connectivity index (χ1) is 6.77. The number of nitrogens with zero attached hydrogens (tertiary/aromatic N) is 1. The van der Waals surface area contributed by atoms with Crippen LogP contribution < -0.4 is 4.74 Å². The molecular formula is C10H6FNOS. The second kappa shape index (κ2) is 3.28. The van der Waals surface area contributed by atoms with Gasteiger partial charge >= 0.3 is 0 Å². The molecule has 1 aromatic carbocycles. The van der Waals surface area contributed by atoms with Crippen LogP contribution in [-0.4, -0.2) is 7.11 Å². The van der Waals surface area contributed by atoms with Gasteiger partial charge in [0.05, 0.1) is 11.8 Å². The van der Waals surface area contributed by atoms with Crippen LogP contribution in [0.5, 0.6) is 5.75 Å². The van der Waals surface area contributed by atoms with Crippen molar-refractivity contribution in [2.75, 3.05) is 7.11 Å². The summed E-state index contributed by atoms with van der Waals surface area (Å²) >= 11 is 1.28. The molecule has 2 nitrogen and oxygen atoms in total. The number of nitriles is 1. The van der Waals surface area contributed by atoms with Crippen molar-refractivity contribution in [2.45, 2.75) is 0 Å². The first kappa shape index (κ1) is 8.97. The number of thiophene rings is 1. The van der Waals surface area contributed by atoms with Gasteiger partial charge in [-0.25, -0.2) is 4.39 Å². The third-order valence-corrected chi connectivity index (χ3v) is 2.91. The number of ether oxygens (including phenoxy) is 1. The summed E-state index contributed by atoms with van der Waals surface area (Å²) < 4.78 is 18.8. The maximum Gasteiger partial charge on any atom is 0.144 e. The molecule has 0 atom stereocenters. The highest BCUT2D eigenvalue weighted by Crippen LogP contribution is 2.33. The minimum absolute atomic E-state index is 0.288. The van der Waals surface area contributed by atoms with Crippen molar-refractivity contribution in [1.29, 1.82) is 5.26 Å². The van der Waals surface area contributed by atoms with Crippen molar-refractivity contribution < 1.29 is 9.13 Å². The highest BCUT2D eigenvalue weighted by atomic mass is 32.1. The normalized spacial score (nSPS) is 10.1. The molecule has 0 fully saturated rings. The van der Waals surface area contributed by atoms with E-state index >= 15 is 0 Å². The molecule has 0 spiro atoms. The zero-order valence-electron chi connectivity index (χ0n) is 7.37. The van der Waals surface area contributed by atoms with Crippen molar-refractivity contribution in [3.8, 4) is 11.8 Å². The van der Waals surface area contributed by atoms with E-state index in [2.05, 4.69) is 0 Å². The predicted molar refractivity (Wildman–Crippen MR) is 53.1 cm³/mol. The fraction of sp³-hybridized carbons (Fsp3) is 0.100. The van der Waals surface area contributed by atoms with Crippen LogP contribution in [0.4, 0.5) is 4.39 Å². The quantitative estimate of drug-likeness (QED) is 0.720. The highest BCUT2D eigenvalue weighted by molar-refractivity contribution is 7.17. The molecule has 0 amide bonds. The second-order valence-corrected chi connectivity index (χ2v) is 3.63. The molecule has 14 heavy (non-hydrogen) atoms. The van der Waals surface area contributed by atoms with E-state index in [1.165, 1.54) is 24.5 Å². The first-order valence-corrected chi connectivity index (χ1v) is 4.79. The van der Waals surface area contributed by atoms with Crippen LogP contribution in [0.3, 0.4) is 0 Å². The topological polar surface area (TPSA) is 33.0 Å². The Hall–Kier alpha value is -1.60. The fourth-order valence-corrected chi connectivity index (χ4v) is 2.16. The lowest BCUT2D eigenvalue weighted by Gasteiger charge is -2.03. The van der Waals surface area contributed by atoms with Gasteiger partial charge in [0, 0.05) is 11.5 Å². The van der Waals surface area contributed by atoms with E-state index in [9.17, 15) is 4.39 Å². The molecule has 0 aliphatic heterocycles. The van der Waals surface area contributed by atoms with Crippen LogP contribution in [0.15, 0.2) is 17.5 Å². The Bertz CT molecular complexity index is 527. The standard InChI is InChI=1S/C10H6FNOS/c1-13-9-4-8(11)10-6(2-3-14-10)7(9)5-12/h2-4H,1H3. The lowest BCUT2D eigenvalue weighted by Crippen LogP contribution is -1.90. The molecule has 0 aliphatic carbocycles. The second-order valence-electron chi connectivity index (χ2n) is 2.71. The van der Waals surface area contributed by atoms with Crippen LogP contribution in [0, 0.1) is 17.1 Å². The smallest absolute Gasteiger partial charge is 0.144 e. The molecule has 0 saturated carbocycles. The fourth-order valence-electron chi connectivity index (χ4n) is 1.35. The summed E-state index contributed by atoms with van der Waals surface area (Å²) in [5, 5.41) is 11.3. The minimum Gasteiger partial charge on any atom is -0.495 e. The van der Waals surface area contributed by atoms with E-state index in [0.29, 0.717) is 15.6 Å². The molecule has 1 aromatic heterocycles. The van der Waals surface area contributed by atoms with Crippen molar-refractivity contribution >= 4 is 21.4 Å². The van der Waals surface area contributed by atoms with Gasteiger partial charge in [-0.15, -0.1) is 11.3 Å². The van der Waals surface area contributed by atoms with Crippen molar-refractivity contribution in [3.05, 3.63) is 28.9 Å². The van der Waals surface area contributed by atoms with Gasteiger partial charge in [0.2, 0.25) is 0 Å². The Morgan fingerprint density at radius 2 is 2.36 bits per heavy atom. The van der Waals surface area contributed by atoms with E-state index in [4.69, 9.17) is 10.00 Å². The molecule has 2 aromatic rings. The third-order valence-electron chi connectivity index (χ3n) is 1.99. The molecule has 2 rings (SSSR count). The zero-order valence-corrected chi connectivity index (χ0v) is 8.19. The number of halogens is 1. The van der Waals surface area contributed by atoms with Crippen LogP contribution >= 0.6 is 11.3 Å². The van der Waals surface area contributed by atoms with Gasteiger partial charge in [-0.2, -0.15) is 5.26 Å². The molecule has 1 heterocycles.